The molecule has 1 aromatic carbocycles. The van der Waals surface area contributed by atoms with Gasteiger partial charge >= 0.3 is 5.97 Å². The second-order valence-electron chi connectivity index (χ2n) is 5.90. The lowest BCUT2D eigenvalue weighted by Gasteiger charge is -2.41. The average molecular weight is 380 g/mol. The molecule has 27 heavy (non-hydrogen) atoms. The van der Waals surface area contributed by atoms with E-state index in [-0.39, 0.29) is 27.5 Å². The Labute approximate surface area is 152 Å². The van der Waals surface area contributed by atoms with Gasteiger partial charge in [0.2, 0.25) is 12.2 Å². The average Bonchev–Trinajstić information content (AvgIpc) is 2.67. The molecule has 1 aliphatic rings. The molecule has 1 aliphatic heterocycles. The van der Waals surface area contributed by atoms with E-state index in [9.17, 15) is 27.9 Å². The van der Waals surface area contributed by atoms with Crippen LogP contribution in [0, 0.1) is 0 Å². The minimum atomic E-state index is -3.50. The summed E-state index contributed by atoms with van der Waals surface area (Å²) in [5.41, 5.74) is 0.119. The van der Waals surface area contributed by atoms with Crippen LogP contribution in [0.3, 0.4) is 0 Å². The summed E-state index contributed by atoms with van der Waals surface area (Å²) < 4.78 is 45.6. The van der Waals surface area contributed by atoms with Crippen molar-refractivity contribution < 1.29 is 32.6 Å². The van der Waals surface area contributed by atoms with Crippen molar-refractivity contribution in [1.29, 1.82) is 0 Å². The molecule has 1 N–H and O–H groups in total. The molecule has 6 nitrogen and oxygen atoms in total. The summed E-state index contributed by atoms with van der Waals surface area (Å²) in [6.45, 7) is 0. The van der Waals surface area contributed by atoms with Gasteiger partial charge in [-0.25, -0.2) is 18.2 Å². The van der Waals surface area contributed by atoms with E-state index in [1.54, 1.807) is 0 Å². The predicted molar refractivity (Wildman–Crippen MR) is 87.4 cm³/mol. The SMILES string of the molecule is COc1ccc(C2C(C(=O)O)c3ccccc3C(=O)N2C(F)C(F)F)cn1. The molecule has 0 saturated carbocycles. The fraction of sp³-hybridized carbons (Fsp3) is 0.278. The number of benzene rings is 1. The Morgan fingerprint density at radius 1 is 1.22 bits per heavy atom. The number of carboxylic acid groups (broad SMARTS) is 1. The van der Waals surface area contributed by atoms with Gasteiger partial charge < -0.3 is 9.84 Å². The number of hydrogen-bond acceptors (Lipinski definition) is 4. The van der Waals surface area contributed by atoms with Crippen LogP contribution in [0.5, 0.6) is 5.88 Å². The molecule has 0 radical (unpaired) electrons. The largest absolute Gasteiger partial charge is 0.481 e. The van der Waals surface area contributed by atoms with Crippen LogP contribution in [0.2, 0.25) is 0 Å². The molecule has 142 valence electrons. The third-order valence-electron chi connectivity index (χ3n) is 4.43. The molecule has 1 amide bonds. The summed E-state index contributed by atoms with van der Waals surface area (Å²) in [5, 5.41) is 9.75. The normalized spacial score (nSPS) is 20.3. The highest BCUT2D eigenvalue weighted by atomic mass is 19.3. The van der Waals surface area contributed by atoms with Crippen LogP contribution in [-0.4, -0.2) is 46.7 Å². The molecule has 9 heteroatoms. The van der Waals surface area contributed by atoms with Crippen LogP contribution in [0.4, 0.5) is 13.2 Å². The van der Waals surface area contributed by atoms with Crippen molar-refractivity contribution in [1.82, 2.24) is 9.88 Å². The summed E-state index contributed by atoms with van der Waals surface area (Å²) in [6, 6.07) is 6.96. The van der Waals surface area contributed by atoms with Crippen molar-refractivity contribution in [3.8, 4) is 5.88 Å². The second-order valence-corrected chi connectivity index (χ2v) is 5.90. The quantitative estimate of drug-likeness (QED) is 0.807. The van der Waals surface area contributed by atoms with Crippen molar-refractivity contribution in [3.05, 3.63) is 59.3 Å². The first-order valence-electron chi connectivity index (χ1n) is 7.93. The van der Waals surface area contributed by atoms with Crippen LogP contribution >= 0.6 is 0 Å². The number of aliphatic carboxylic acids is 1. The standard InChI is InChI=1S/C18H15F3N2O4/c1-27-12-7-6-9(8-22-12)14-13(18(25)26)10-4-2-3-5-11(10)17(24)23(14)16(21)15(19)20/h2-8,13-16H,1H3,(H,25,26). The van der Waals surface area contributed by atoms with Gasteiger partial charge in [0.1, 0.15) is 5.92 Å². The Bertz CT molecular complexity index is 860. The molecular weight excluding hydrogens is 365 g/mol. The van der Waals surface area contributed by atoms with Crippen molar-refractivity contribution in [2.45, 2.75) is 24.7 Å². The number of amides is 1. The molecule has 0 spiro atoms. The lowest BCUT2D eigenvalue weighted by molar-refractivity contribution is -0.142. The van der Waals surface area contributed by atoms with Crippen molar-refractivity contribution >= 4 is 11.9 Å². The van der Waals surface area contributed by atoms with Gasteiger partial charge in [0.25, 0.3) is 12.3 Å². The minimum Gasteiger partial charge on any atom is -0.481 e. The fourth-order valence-corrected chi connectivity index (χ4v) is 3.25. The van der Waals surface area contributed by atoms with E-state index < -0.39 is 36.6 Å². The maximum Gasteiger partial charge on any atom is 0.313 e. The van der Waals surface area contributed by atoms with Gasteiger partial charge in [-0.2, -0.15) is 0 Å². The zero-order valence-electron chi connectivity index (χ0n) is 14.1. The zero-order valence-corrected chi connectivity index (χ0v) is 14.1. The Balaban J connectivity index is 2.22. The molecule has 2 aromatic rings. The summed E-state index contributed by atoms with van der Waals surface area (Å²) in [6.07, 6.45) is -5.28. The van der Waals surface area contributed by atoms with Crippen molar-refractivity contribution in [3.63, 3.8) is 0 Å². The minimum absolute atomic E-state index is 0.106. The van der Waals surface area contributed by atoms with Crippen LogP contribution < -0.4 is 4.74 Å². The predicted octanol–water partition coefficient (Wildman–Crippen LogP) is 3.02. The van der Waals surface area contributed by atoms with Crippen LogP contribution in [0.15, 0.2) is 42.6 Å². The van der Waals surface area contributed by atoms with Gasteiger partial charge in [-0.15, -0.1) is 0 Å². The molecule has 2 heterocycles. The molecule has 3 unspecified atom stereocenters. The summed E-state index contributed by atoms with van der Waals surface area (Å²) in [7, 11) is 1.36. The van der Waals surface area contributed by atoms with Crippen molar-refractivity contribution in [2.75, 3.05) is 7.11 Å². The second kappa shape index (κ2) is 7.26. The number of aromatic nitrogens is 1. The molecule has 1 aromatic heterocycles. The smallest absolute Gasteiger partial charge is 0.313 e. The van der Waals surface area contributed by atoms with E-state index >= 15 is 0 Å². The van der Waals surface area contributed by atoms with E-state index in [1.807, 2.05) is 0 Å². The molecule has 0 fully saturated rings. The van der Waals surface area contributed by atoms with E-state index in [4.69, 9.17) is 4.74 Å². The van der Waals surface area contributed by atoms with E-state index in [2.05, 4.69) is 4.98 Å². The molecule has 0 saturated heterocycles. The highest BCUT2D eigenvalue weighted by Gasteiger charge is 2.49. The molecular formula is C18H15F3N2O4. The molecule has 0 bridgehead atoms. The van der Waals surface area contributed by atoms with Crippen LogP contribution in [-0.2, 0) is 4.79 Å². The highest BCUT2D eigenvalue weighted by molar-refractivity contribution is 6.00. The third-order valence-corrected chi connectivity index (χ3v) is 4.43. The number of halogens is 3. The number of pyridine rings is 1. The Morgan fingerprint density at radius 2 is 1.93 bits per heavy atom. The number of methoxy groups -OCH3 is 1. The van der Waals surface area contributed by atoms with E-state index in [1.165, 1.54) is 49.7 Å². The fourth-order valence-electron chi connectivity index (χ4n) is 3.25. The lowest BCUT2D eigenvalue weighted by atomic mass is 9.80. The van der Waals surface area contributed by atoms with Crippen molar-refractivity contribution in [2.24, 2.45) is 0 Å². The summed E-state index contributed by atoms with van der Waals surface area (Å²) in [5.74, 6) is -3.62. The number of nitrogens with zero attached hydrogens (tertiary/aromatic N) is 2. The van der Waals surface area contributed by atoms with Gasteiger partial charge in [0.05, 0.1) is 13.2 Å². The number of carboxylic acids is 1. The number of carbonyl (C=O) groups is 2. The molecule has 0 aliphatic carbocycles. The number of rotatable bonds is 5. The first kappa shape index (κ1) is 18.7. The Hall–Kier alpha value is -3.10. The van der Waals surface area contributed by atoms with Gasteiger partial charge in [-0.1, -0.05) is 24.3 Å². The van der Waals surface area contributed by atoms with Gasteiger partial charge in [0, 0.05) is 17.8 Å². The third kappa shape index (κ3) is 3.20. The first-order chi connectivity index (χ1) is 12.9. The first-order valence-corrected chi connectivity index (χ1v) is 7.93. The monoisotopic (exact) mass is 380 g/mol. The maximum absolute atomic E-state index is 14.4. The molecule has 3 atom stereocenters. The van der Waals surface area contributed by atoms with Gasteiger partial charge in [-0.3, -0.25) is 14.5 Å². The van der Waals surface area contributed by atoms with Crippen LogP contribution in [0.25, 0.3) is 0 Å². The number of hydrogen-bond donors (Lipinski definition) is 1. The summed E-state index contributed by atoms with van der Waals surface area (Å²) in [4.78, 5) is 28.9. The maximum atomic E-state index is 14.4. The van der Waals surface area contributed by atoms with Gasteiger partial charge in [-0.05, 0) is 17.2 Å². The van der Waals surface area contributed by atoms with Gasteiger partial charge in [0.15, 0.2) is 0 Å². The lowest BCUT2D eigenvalue weighted by Crippen LogP contribution is -2.50. The zero-order chi connectivity index (χ0) is 19.7. The van der Waals surface area contributed by atoms with E-state index in [0.717, 1.165) is 0 Å². The Morgan fingerprint density at radius 3 is 2.48 bits per heavy atom. The topological polar surface area (TPSA) is 79.7 Å². The van der Waals surface area contributed by atoms with E-state index in [0.29, 0.717) is 0 Å². The molecule has 3 rings (SSSR count). The highest BCUT2D eigenvalue weighted by Crippen LogP contribution is 2.44. The Kier molecular flexibility index (Phi) is 5.02. The number of ether oxygens (including phenoxy) is 1. The number of alkyl halides is 3. The number of fused-ring (bicyclic) bond motifs is 1. The summed E-state index contributed by atoms with van der Waals surface area (Å²) >= 11 is 0. The number of carbonyl (C=O) groups excluding carboxylic acids is 1. The van der Waals surface area contributed by atoms with Crippen LogP contribution in [0.1, 0.15) is 33.4 Å².